The highest BCUT2D eigenvalue weighted by Gasteiger charge is 2.26. The van der Waals surface area contributed by atoms with Crippen LogP contribution < -0.4 is 0 Å². The summed E-state index contributed by atoms with van der Waals surface area (Å²) in [5, 5.41) is 18.9. The Labute approximate surface area is 131 Å². The predicted molar refractivity (Wildman–Crippen MR) is 82.5 cm³/mol. The van der Waals surface area contributed by atoms with Crippen LogP contribution in [0.5, 0.6) is 0 Å². The average Bonchev–Trinajstić information content (AvgIpc) is 2.88. The molecule has 0 aliphatic carbocycles. The first kappa shape index (κ1) is 15.1. The van der Waals surface area contributed by atoms with Crippen molar-refractivity contribution >= 4 is 26.6 Å². The zero-order valence-electron chi connectivity index (χ0n) is 12.1. The van der Waals surface area contributed by atoms with Gasteiger partial charge in [-0.25, -0.2) is 13.1 Å². The number of aromatic nitrogens is 3. The number of fused-ring (bicyclic) bond motifs is 1. The molecule has 0 atom stereocenters. The molecule has 0 saturated heterocycles. The SMILES string of the molecule is Cn1nnc2c([N+](=O)[O-])c(CS(=O)(=O)c3ccccc3)ccc21. The summed E-state index contributed by atoms with van der Waals surface area (Å²) in [6.07, 6.45) is 0. The van der Waals surface area contributed by atoms with Gasteiger partial charge in [-0.3, -0.25) is 10.1 Å². The molecule has 9 heteroatoms. The van der Waals surface area contributed by atoms with Gasteiger partial charge >= 0.3 is 5.69 Å². The summed E-state index contributed by atoms with van der Waals surface area (Å²) < 4.78 is 26.3. The van der Waals surface area contributed by atoms with Crippen molar-refractivity contribution in [3.63, 3.8) is 0 Å². The second-order valence-electron chi connectivity index (χ2n) is 4.98. The molecule has 0 N–H and O–H groups in total. The minimum atomic E-state index is -3.69. The van der Waals surface area contributed by atoms with Crippen LogP contribution in [-0.4, -0.2) is 28.3 Å². The minimum absolute atomic E-state index is 0.0817. The summed E-state index contributed by atoms with van der Waals surface area (Å²) in [7, 11) is -2.08. The van der Waals surface area contributed by atoms with Gasteiger partial charge in [0, 0.05) is 12.6 Å². The fraction of sp³-hybridized carbons (Fsp3) is 0.143. The van der Waals surface area contributed by atoms with E-state index in [9.17, 15) is 18.5 Å². The van der Waals surface area contributed by atoms with Crippen molar-refractivity contribution in [1.29, 1.82) is 0 Å². The summed E-state index contributed by atoms with van der Waals surface area (Å²) in [6, 6.07) is 10.8. The summed E-state index contributed by atoms with van der Waals surface area (Å²) in [6.45, 7) is 0. The number of nitro groups is 1. The van der Waals surface area contributed by atoms with Gasteiger partial charge < -0.3 is 0 Å². The lowest BCUT2D eigenvalue weighted by molar-refractivity contribution is -0.383. The summed E-state index contributed by atoms with van der Waals surface area (Å²) >= 11 is 0. The molecule has 118 valence electrons. The standard InChI is InChI=1S/C14H12N4O4S/c1-17-12-8-7-10(14(18(19)20)13(12)15-16-17)9-23(21,22)11-5-3-2-4-6-11/h2-8H,9H2,1H3. The molecule has 0 saturated carbocycles. The van der Waals surface area contributed by atoms with Crippen LogP contribution in [0.25, 0.3) is 11.0 Å². The van der Waals surface area contributed by atoms with E-state index >= 15 is 0 Å². The molecule has 2 aromatic carbocycles. The Balaban J connectivity index is 2.14. The molecule has 1 aromatic heterocycles. The fourth-order valence-corrected chi connectivity index (χ4v) is 3.75. The molecular formula is C14H12N4O4S. The first-order chi connectivity index (χ1) is 10.9. The molecule has 3 aromatic rings. The maximum absolute atomic E-state index is 12.5. The first-order valence-electron chi connectivity index (χ1n) is 6.63. The smallest absolute Gasteiger partial charge is 0.258 e. The zero-order chi connectivity index (χ0) is 16.6. The Bertz CT molecular complexity index is 996. The number of rotatable bonds is 4. The Hall–Kier alpha value is -2.81. The Morgan fingerprint density at radius 3 is 2.52 bits per heavy atom. The van der Waals surface area contributed by atoms with E-state index in [1.807, 2.05) is 0 Å². The molecule has 0 amide bonds. The van der Waals surface area contributed by atoms with Gasteiger partial charge in [0.15, 0.2) is 15.4 Å². The van der Waals surface area contributed by atoms with Crippen molar-refractivity contribution in [1.82, 2.24) is 15.0 Å². The van der Waals surface area contributed by atoms with Crippen LogP contribution >= 0.6 is 0 Å². The van der Waals surface area contributed by atoms with E-state index in [2.05, 4.69) is 10.3 Å². The molecule has 0 unspecified atom stereocenters. The minimum Gasteiger partial charge on any atom is -0.258 e. The van der Waals surface area contributed by atoms with Crippen LogP contribution in [0.15, 0.2) is 47.4 Å². The predicted octanol–water partition coefficient (Wildman–Crippen LogP) is 1.85. The van der Waals surface area contributed by atoms with Gasteiger partial charge in [0.1, 0.15) is 0 Å². The van der Waals surface area contributed by atoms with Gasteiger partial charge in [0.25, 0.3) is 0 Å². The van der Waals surface area contributed by atoms with Crippen LogP contribution in [0.4, 0.5) is 5.69 Å². The Morgan fingerprint density at radius 2 is 1.87 bits per heavy atom. The second-order valence-corrected chi connectivity index (χ2v) is 6.97. The zero-order valence-corrected chi connectivity index (χ0v) is 12.9. The van der Waals surface area contributed by atoms with Crippen LogP contribution in [0, 0.1) is 10.1 Å². The topological polar surface area (TPSA) is 108 Å². The van der Waals surface area contributed by atoms with E-state index < -0.39 is 20.5 Å². The molecule has 1 heterocycles. The molecule has 0 radical (unpaired) electrons. The van der Waals surface area contributed by atoms with E-state index in [-0.39, 0.29) is 21.7 Å². The van der Waals surface area contributed by atoms with Crippen LogP contribution in [0.2, 0.25) is 0 Å². The molecule has 0 bridgehead atoms. The second kappa shape index (κ2) is 5.43. The number of sulfone groups is 1. The highest BCUT2D eigenvalue weighted by atomic mass is 32.2. The summed E-state index contributed by atoms with van der Waals surface area (Å²) in [5.74, 6) is -0.472. The van der Waals surface area contributed by atoms with Crippen molar-refractivity contribution in [2.45, 2.75) is 10.6 Å². The van der Waals surface area contributed by atoms with Crippen molar-refractivity contribution < 1.29 is 13.3 Å². The quantitative estimate of drug-likeness (QED) is 0.533. The number of nitrogens with zero attached hydrogens (tertiary/aromatic N) is 4. The molecule has 3 rings (SSSR count). The van der Waals surface area contributed by atoms with E-state index in [0.29, 0.717) is 5.52 Å². The third-order valence-corrected chi connectivity index (χ3v) is 5.15. The van der Waals surface area contributed by atoms with Gasteiger partial charge in [0.05, 0.1) is 21.1 Å². The monoisotopic (exact) mass is 332 g/mol. The first-order valence-corrected chi connectivity index (χ1v) is 8.29. The largest absolute Gasteiger partial charge is 0.303 e. The highest BCUT2D eigenvalue weighted by molar-refractivity contribution is 7.90. The third kappa shape index (κ3) is 2.66. The number of benzene rings is 2. The number of nitro benzene ring substituents is 1. The summed E-state index contributed by atoms with van der Waals surface area (Å²) in [4.78, 5) is 10.9. The molecular weight excluding hydrogens is 320 g/mol. The maximum atomic E-state index is 12.5. The Morgan fingerprint density at radius 1 is 1.17 bits per heavy atom. The van der Waals surface area contributed by atoms with Crippen molar-refractivity contribution in [3.05, 3.63) is 58.1 Å². The van der Waals surface area contributed by atoms with Gasteiger partial charge in [-0.1, -0.05) is 23.4 Å². The molecule has 8 nitrogen and oxygen atoms in total. The van der Waals surface area contributed by atoms with Crippen LogP contribution in [0.3, 0.4) is 0 Å². The highest BCUT2D eigenvalue weighted by Crippen LogP contribution is 2.30. The van der Waals surface area contributed by atoms with Crippen molar-refractivity contribution in [2.24, 2.45) is 7.05 Å². The third-order valence-electron chi connectivity index (χ3n) is 3.47. The Kier molecular flexibility index (Phi) is 3.57. The van der Waals surface area contributed by atoms with Gasteiger partial charge in [-0.15, -0.1) is 5.10 Å². The number of hydrogen-bond acceptors (Lipinski definition) is 6. The van der Waals surface area contributed by atoms with Crippen molar-refractivity contribution in [2.75, 3.05) is 0 Å². The van der Waals surface area contributed by atoms with Crippen LogP contribution in [-0.2, 0) is 22.6 Å². The maximum Gasteiger partial charge on any atom is 0.303 e. The lowest BCUT2D eigenvalue weighted by Gasteiger charge is -2.06. The number of hydrogen-bond donors (Lipinski definition) is 0. The summed E-state index contributed by atoms with van der Waals surface area (Å²) in [5.41, 5.74) is 0.317. The van der Waals surface area contributed by atoms with Crippen molar-refractivity contribution in [3.8, 4) is 0 Å². The lowest BCUT2D eigenvalue weighted by atomic mass is 10.1. The van der Waals surface area contributed by atoms with Gasteiger partial charge in [0.2, 0.25) is 0 Å². The molecule has 23 heavy (non-hydrogen) atoms. The van der Waals surface area contributed by atoms with E-state index in [4.69, 9.17) is 0 Å². The van der Waals surface area contributed by atoms with Gasteiger partial charge in [-0.2, -0.15) is 0 Å². The normalized spacial score (nSPS) is 11.7. The molecule has 0 fully saturated rings. The van der Waals surface area contributed by atoms with Gasteiger partial charge in [-0.05, 0) is 24.3 Å². The number of aryl methyl sites for hydroxylation is 1. The average molecular weight is 332 g/mol. The van der Waals surface area contributed by atoms with E-state index in [1.54, 1.807) is 31.3 Å². The molecule has 0 aliphatic heterocycles. The van der Waals surface area contributed by atoms with Crippen LogP contribution in [0.1, 0.15) is 5.56 Å². The molecule has 0 aliphatic rings. The fourth-order valence-electron chi connectivity index (χ4n) is 2.37. The van der Waals surface area contributed by atoms with E-state index in [1.165, 1.54) is 22.9 Å². The lowest BCUT2D eigenvalue weighted by Crippen LogP contribution is -2.07. The molecule has 0 spiro atoms. The van der Waals surface area contributed by atoms with E-state index in [0.717, 1.165) is 0 Å².